The lowest BCUT2D eigenvalue weighted by molar-refractivity contribution is -0.137. The van der Waals surface area contributed by atoms with Crippen LogP contribution in [0.4, 0.5) is 13.2 Å². The first kappa shape index (κ1) is 20.7. The van der Waals surface area contributed by atoms with Crippen molar-refractivity contribution in [3.63, 3.8) is 0 Å². The SMILES string of the molecule is CCN(CC)[C@H]1C[C@H]2COc3ccc(-c4ccc(C(F)(F)F)cc4)cc3C(=O)N2C1. The van der Waals surface area contributed by atoms with E-state index in [9.17, 15) is 18.0 Å². The van der Waals surface area contributed by atoms with Crippen molar-refractivity contribution in [2.45, 2.75) is 38.5 Å². The highest BCUT2D eigenvalue weighted by atomic mass is 19.4. The third-order valence-corrected chi connectivity index (χ3v) is 6.17. The van der Waals surface area contributed by atoms with Gasteiger partial charge in [-0.15, -0.1) is 0 Å². The number of nitrogens with zero attached hydrogens (tertiary/aromatic N) is 2. The summed E-state index contributed by atoms with van der Waals surface area (Å²) in [7, 11) is 0. The molecule has 1 amide bonds. The number of fused-ring (bicyclic) bond motifs is 2. The first-order chi connectivity index (χ1) is 14.3. The summed E-state index contributed by atoms with van der Waals surface area (Å²) in [4.78, 5) is 17.6. The molecule has 2 aliphatic rings. The molecule has 0 unspecified atom stereocenters. The van der Waals surface area contributed by atoms with Crippen molar-refractivity contribution >= 4 is 5.91 Å². The van der Waals surface area contributed by atoms with Gasteiger partial charge in [0.1, 0.15) is 12.4 Å². The Morgan fingerprint density at radius 1 is 1.07 bits per heavy atom. The topological polar surface area (TPSA) is 32.8 Å². The summed E-state index contributed by atoms with van der Waals surface area (Å²) >= 11 is 0. The van der Waals surface area contributed by atoms with Gasteiger partial charge in [-0.2, -0.15) is 13.2 Å². The summed E-state index contributed by atoms with van der Waals surface area (Å²) < 4.78 is 44.5. The minimum atomic E-state index is -4.37. The summed E-state index contributed by atoms with van der Waals surface area (Å²) in [6.07, 6.45) is -3.49. The number of hydrogen-bond donors (Lipinski definition) is 0. The lowest BCUT2D eigenvalue weighted by atomic mass is 10.0. The number of halogens is 3. The van der Waals surface area contributed by atoms with Crippen LogP contribution in [-0.4, -0.2) is 54.0 Å². The number of carbonyl (C=O) groups excluding carboxylic acids is 1. The molecule has 0 bridgehead atoms. The molecule has 0 N–H and O–H groups in total. The molecule has 0 saturated carbocycles. The first-order valence-electron chi connectivity index (χ1n) is 10.3. The first-order valence-corrected chi connectivity index (χ1v) is 10.3. The fraction of sp³-hybridized carbons (Fsp3) is 0.435. The smallest absolute Gasteiger partial charge is 0.416 e. The van der Waals surface area contributed by atoms with Crippen molar-refractivity contribution in [2.75, 3.05) is 26.2 Å². The van der Waals surface area contributed by atoms with E-state index in [1.165, 1.54) is 12.1 Å². The van der Waals surface area contributed by atoms with Crippen LogP contribution in [-0.2, 0) is 6.18 Å². The minimum Gasteiger partial charge on any atom is -0.491 e. The van der Waals surface area contributed by atoms with E-state index in [4.69, 9.17) is 4.74 Å². The van der Waals surface area contributed by atoms with Gasteiger partial charge in [-0.25, -0.2) is 0 Å². The molecule has 2 aromatic carbocycles. The van der Waals surface area contributed by atoms with Gasteiger partial charge in [-0.05, 0) is 54.9 Å². The molecule has 2 aliphatic heterocycles. The van der Waals surface area contributed by atoms with Crippen molar-refractivity contribution in [3.8, 4) is 16.9 Å². The zero-order chi connectivity index (χ0) is 21.5. The third kappa shape index (κ3) is 3.78. The Balaban J connectivity index is 1.61. The van der Waals surface area contributed by atoms with Crippen LogP contribution in [0.15, 0.2) is 42.5 Å². The van der Waals surface area contributed by atoms with Gasteiger partial charge < -0.3 is 9.64 Å². The monoisotopic (exact) mass is 418 g/mol. The Hall–Kier alpha value is -2.54. The Kier molecular flexibility index (Phi) is 5.49. The Morgan fingerprint density at radius 3 is 2.37 bits per heavy atom. The number of likely N-dealkylation sites (N-methyl/N-ethyl adjacent to an activating group) is 1. The third-order valence-electron chi connectivity index (χ3n) is 6.17. The van der Waals surface area contributed by atoms with Gasteiger partial charge in [0.25, 0.3) is 5.91 Å². The molecule has 1 saturated heterocycles. The zero-order valence-electron chi connectivity index (χ0n) is 17.1. The van der Waals surface area contributed by atoms with E-state index in [-0.39, 0.29) is 11.9 Å². The molecule has 4 rings (SSSR count). The average Bonchev–Trinajstić information content (AvgIpc) is 3.11. The number of carbonyl (C=O) groups is 1. The number of hydrogen-bond acceptors (Lipinski definition) is 3. The second-order valence-electron chi connectivity index (χ2n) is 7.82. The molecule has 0 aliphatic carbocycles. The summed E-state index contributed by atoms with van der Waals surface area (Å²) in [5.41, 5.74) is 1.09. The molecule has 0 aromatic heterocycles. The molecular weight excluding hydrogens is 393 g/mol. The van der Waals surface area contributed by atoms with Crippen molar-refractivity contribution < 1.29 is 22.7 Å². The summed E-state index contributed by atoms with van der Waals surface area (Å²) in [6, 6.07) is 10.6. The maximum absolute atomic E-state index is 13.3. The fourth-order valence-electron chi connectivity index (χ4n) is 4.50. The Bertz CT molecular complexity index is 923. The van der Waals surface area contributed by atoms with Crippen molar-refractivity contribution in [1.29, 1.82) is 0 Å². The quantitative estimate of drug-likeness (QED) is 0.722. The molecule has 2 atom stereocenters. The summed E-state index contributed by atoms with van der Waals surface area (Å²) in [5.74, 6) is 0.459. The van der Waals surface area contributed by atoms with E-state index in [2.05, 4.69) is 18.7 Å². The van der Waals surface area contributed by atoms with E-state index in [0.29, 0.717) is 41.6 Å². The summed E-state index contributed by atoms with van der Waals surface area (Å²) in [5, 5.41) is 0. The summed E-state index contributed by atoms with van der Waals surface area (Å²) in [6.45, 7) is 7.24. The lowest BCUT2D eigenvalue weighted by Gasteiger charge is -2.26. The van der Waals surface area contributed by atoms with E-state index >= 15 is 0 Å². The number of rotatable bonds is 4. The maximum Gasteiger partial charge on any atom is 0.416 e. The second kappa shape index (κ2) is 7.95. The molecule has 4 nitrogen and oxygen atoms in total. The second-order valence-corrected chi connectivity index (χ2v) is 7.82. The maximum atomic E-state index is 13.3. The number of ether oxygens (including phenoxy) is 1. The molecule has 0 radical (unpaired) electrons. The molecular formula is C23H25F3N2O2. The van der Waals surface area contributed by atoms with Gasteiger partial charge in [0, 0.05) is 12.6 Å². The van der Waals surface area contributed by atoms with Crippen LogP contribution in [0.25, 0.3) is 11.1 Å². The van der Waals surface area contributed by atoms with Gasteiger partial charge in [-0.1, -0.05) is 32.0 Å². The normalized spacial score (nSPS) is 21.3. The van der Waals surface area contributed by atoms with Crippen LogP contribution in [0.3, 0.4) is 0 Å². The van der Waals surface area contributed by atoms with E-state index < -0.39 is 11.7 Å². The van der Waals surface area contributed by atoms with Gasteiger partial charge in [0.15, 0.2) is 0 Å². The van der Waals surface area contributed by atoms with Crippen LogP contribution in [0.2, 0.25) is 0 Å². The highest BCUT2D eigenvalue weighted by Gasteiger charge is 2.40. The zero-order valence-corrected chi connectivity index (χ0v) is 17.1. The minimum absolute atomic E-state index is 0.0324. The predicted molar refractivity (Wildman–Crippen MR) is 109 cm³/mol. The number of benzene rings is 2. The molecule has 7 heteroatoms. The molecule has 0 spiro atoms. The van der Waals surface area contributed by atoms with Crippen LogP contribution in [0.1, 0.15) is 36.2 Å². The van der Waals surface area contributed by atoms with Gasteiger partial charge >= 0.3 is 6.18 Å². The Labute approximate surface area is 174 Å². The molecule has 2 aromatic rings. The van der Waals surface area contributed by atoms with Gasteiger partial charge in [0.05, 0.1) is 17.2 Å². The van der Waals surface area contributed by atoms with Gasteiger partial charge in [-0.3, -0.25) is 9.69 Å². The standard InChI is InChI=1S/C23H25F3N2O2/c1-3-27(4-2)18-12-19-14-30-21-10-7-16(11-20(21)22(29)28(19)13-18)15-5-8-17(9-6-15)23(24,25)26/h5-11,18-19H,3-4,12-14H2,1-2H3/t18-,19-/m0/s1. The average molecular weight is 418 g/mol. The molecule has 2 heterocycles. The van der Waals surface area contributed by atoms with Crippen molar-refractivity contribution in [1.82, 2.24) is 9.80 Å². The molecule has 160 valence electrons. The van der Waals surface area contributed by atoms with Gasteiger partial charge in [0.2, 0.25) is 0 Å². The lowest BCUT2D eigenvalue weighted by Crippen LogP contribution is -2.39. The highest BCUT2D eigenvalue weighted by Crippen LogP contribution is 2.35. The fourth-order valence-corrected chi connectivity index (χ4v) is 4.50. The van der Waals surface area contributed by atoms with Crippen LogP contribution in [0.5, 0.6) is 5.75 Å². The predicted octanol–water partition coefficient (Wildman–Crippen LogP) is 4.69. The molecule has 1 fully saturated rings. The number of alkyl halides is 3. The Morgan fingerprint density at radius 2 is 1.73 bits per heavy atom. The van der Waals surface area contributed by atoms with Crippen molar-refractivity contribution in [2.24, 2.45) is 0 Å². The van der Waals surface area contributed by atoms with Crippen molar-refractivity contribution in [3.05, 3.63) is 53.6 Å². The van der Waals surface area contributed by atoms with E-state index in [0.717, 1.165) is 31.6 Å². The largest absolute Gasteiger partial charge is 0.491 e. The van der Waals surface area contributed by atoms with Crippen LogP contribution >= 0.6 is 0 Å². The number of amides is 1. The van der Waals surface area contributed by atoms with Crippen LogP contribution < -0.4 is 4.74 Å². The highest BCUT2D eigenvalue weighted by molar-refractivity contribution is 5.99. The van der Waals surface area contributed by atoms with E-state index in [1.807, 2.05) is 4.90 Å². The van der Waals surface area contributed by atoms with E-state index in [1.54, 1.807) is 18.2 Å². The van der Waals surface area contributed by atoms with Crippen LogP contribution in [0, 0.1) is 0 Å². The molecule has 30 heavy (non-hydrogen) atoms.